The normalized spacial score (nSPS) is 11.6. The SMILES string of the molecule is CC(=O)c1cc(=O)c2c(OCC(O)COc3cccc4oc(C(=O)[O-])cc(=O)c34)cccc2o1.[Na+]. The number of fused-ring (bicyclic) bond motifs is 2. The van der Waals surface area contributed by atoms with Gasteiger partial charge < -0.3 is 33.3 Å². The van der Waals surface area contributed by atoms with E-state index < -0.39 is 34.5 Å². The van der Waals surface area contributed by atoms with Crippen LogP contribution < -0.4 is 55.0 Å². The molecule has 0 bridgehead atoms. The molecule has 4 rings (SSSR count). The van der Waals surface area contributed by atoms with Gasteiger partial charge in [0.2, 0.25) is 0 Å². The fourth-order valence-electron chi connectivity index (χ4n) is 3.29. The van der Waals surface area contributed by atoms with Gasteiger partial charge in [-0.3, -0.25) is 14.4 Å². The molecular weight excluding hydrogens is 471 g/mol. The van der Waals surface area contributed by atoms with Crippen LogP contribution in [0.2, 0.25) is 0 Å². The molecule has 174 valence electrons. The van der Waals surface area contributed by atoms with Crippen molar-refractivity contribution in [2.45, 2.75) is 13.0 Å². The van der Waals surface area contributed by atoms with E-state index in [-0.39, 0.29) is 82.0 Å². The van der Waals surface area contributed by atoms with Gasteiger partial charge in [-0.1, -0.05) is 12.1 Å². The quantitative estimate of drug-likeness (QED) is 0.224. The minimum atomic E-state index is -1.63. The molecule has 0 radical (unpaired) electrons. The summed E-state index contributed by atoms with van der Waals surface area (Å²) in [6.07, 6.45) is -1.16. The molecule has 0 aliphatic carbocycles. The zero-order valence-corrected chi connectivity index (χ0v) is 20.7. The van der Waals surface area contributed by atoms with Gasteiger partial charge >= 0.3 is 29.6 Å². The Morgan fingerprint density at radius 3 is 1.80 bits per heavy atom. The Hall–Kier alpha value is -3.44. The van der Waals surface area contributed by atoms with Crippen molar-refractivity contribution < 1.29 is 67.7 Å². The summed E-state index contributed by atoms with van der Waals surface area (Å²) < 4.78 is 21.7. The third kappa shape index (κ3) is 5.63. The van der Waals surface area contributed by atoms with Crippen molar-refractivity contribution in [1.29, 1.82) is 0 Å². The number of carboxylic acids is 1. The predicted octanol–water partition coefficient (Wildman–Crippen LogP) is -1.71. The van der Waals surface area contributed by atoms with Crippen molar-refractivity contribution in [3.8, 4) is 11.5 Å². The average Bonchev–Trinajstić information content (AvgIpc) is 2.80. The maximum atomic E-state index is 12.4. The van der Waals surface area contributed by atoms with Crippen molar-refractivity contribution in [3.05, 3.63) is 80.5 Å². The molecule has 1 N–H and O–H groups in total. The van der Waals surface area contributed by atoms with Crippen molar-refractivity contribution in [1.82, 2.24) is 0 Å². The monoisotopic (exact) mass is 488 g/mol. The Labute approximate surface area is 219 Å². The molecule has 2 aromatic heterocycles. The average molecular weight is 488 g/mol. The van der Waals surface area contributed by atoms with E-state index in [1.54, 1.807) is 6.07 Å². The number of ether oxygens (including phenoxy) is 2. The number of aromatic carboxylic acids is 1. The van der Waals surface area contributed by atoms with Gasteiger partial charge in [0, 0.05) is 19.1 Å². The summed E-state index contributed by atoms with van der Waals surface area (Å²) in [6.45, 7) is 0.735. The van der Waals surface area contributed by atoms with Crippen LogP contribution in [0.4, 0.5) is 0 Å². The number of benzene rings is 2. The largest absolute Gasteiger partial charge is 1.00 e. The minimum absolute atomic E-state index is 0. The molecule has 0 aliphatic heterocycles. The van der Waals surface area contributed by atoms with Crippen molar-refractivity contribution in [3.63, 3.8) is 0 Å². The van der Waals surface area contributed by atoms with Crippen LogP contribution >= 0.6 is 0 Å². The number of aliphatic hydroxyl groups excluding tert-OH is 1. The number of carbonyl (C=O) groups excluding carboxylic acids is 2. The first kappa shape index (κ1) is 26.2. The third-order valence-corrected chi connectivity index (χ3v) is 4.84. The van der Waals surface area contributed by atoms with Crippen LogP contribution in [0.1, 0.15) is 28.0 Å². The molecule has 35 heavy (non-hydrogen) atoms. The minimum Gasteiger partial charge on any atom is -0.542 e. The Morgan fingerprint density at radius 2 is 1.34 bits per heavy atom. The molecule has 1 unspecified atom stereocenters. The van der Waals surface area contributed by atoms with Crippen LogP contribution in [0.3, 0.4) is 0 Å². The van der Waals surface area contributed by atoms with E-state index in [0.29, 0.717) is 0 Å². The molecule has 0 spiro atoms. The molecule has 0 saturated heterocycles. The Kier molecular flexibility index (Phi) is 8.13. The number of hydrogen-bond acceptors (Lipinski definition) is 10. The van der Waals surface area contributed by atoms with E-state index in [4.69, 9.17) is 18.3 Å². The van der Waals surface area contributed by atoms with Gasteiger partial charge in [-0.25, -0.2) is 0 Å². The number of rotatable bonds is 8. The predicted molar refractivity (Wildman–Crippen MR) is 116 cm³/mol. The standard InChI is InChI=1S/C24H18O10.Na/c1-12(25)20-8-14(27)22-16(4-2-6-18(22)33-20)31-10-13(26)11-32-17-5-3-7-19-23(17)15(28)9-21(34-19)24(29)30;/h2-9,13,26H,10-11H2,1H3,(H,29,30);/q;+1/p-1. The first-order valence-electron chi connectivity index (χ1n) is 10.0. The smallest absolute Gasteiger partial charge is 0.542 e. The Bertz CT molecular complexity index is 1420. The molecular formula is C24H17NaO10. The molecule has 10 nitrogen and oxygen atoms in total. The summed E-state index contributed by atoms with van der Waals surface area (Å²) in [7, 11) is 0. The van der Waals surface area contributed by atoms with Crippen LogP contribution in [-0.2, 0) is 0 Å². The summed E-state index contributed by atoms with van der Waals surface area (Å²) >= 11 is 0. The van der Waals surface area contributed by atoms with Gasteiger partial charge in [0.25, 0.3) is 0 Å². The molecule has 11 heteroatoms. The molecule has 4 aromatic rings. The molecule has 0 saturated carbocycles. The van der Waals surface area contributed by atoms with E-state index in [2.05, 4.69) is 0 Å². The van der Waals surface area contributed by atoms with E-state index >= 15 is 0 Å². The number of carboxylic acid groups (broad SMARTS) is 1. The molecule has 0 amide bonds. The molecule has 0 aliphatic rings. The summed E-state index contributed by atoms with van der Waals surface area (Å²) in [5.74, 6) is -2.47. The number of hydrogen-bond donors (Lipinski definition) is 1. The maximum Gasteiger partial charge on any atom is 1.00 e. The van der Waals surface area contributed by atoms with Crippen molar-refractivity contribution in [2.75, 3.05) is 13.2 Å². The van der Waals surface area contributed by atoms with Crippen LogP contribution in [0.15, 0.2) is 67.0 Å². The van der Waals surface area contributed by atoms with Crippen LogP contribution in [0.25, 0.3) is 21.9 Å². The molecule has 1 atom stereocenters. The van der Waals surface area contributed by atoms with E-state index in [9.17, 15) is 29.4 Å². The van der Waals surface area contributed by atoms with E-state index in [1.807, 2.05) is 0 Å². The number of carbonyl (C=O) groups is 2. The molecule has 2 aromatic carbocycles. The number of Topliss-reactive ketones (excluding diaryl/α,β-unsaturated/α-hetero) is 1. The van der Waals surface area contributed by atoms with Crippen LogP contribution in [0.5, 0.6) is 11.5 Å². The number of ketones is 1. The van der Waals surface area contributed by atoms with Crippen molar-refractivity contribution >= 4 is 33.7 Å². The summed E-state index contributed by atoms with van der Waals surface area (Å²) in [5.41, 5.74) is -0.956. The van der Waals surface area contributed by atoms with E-state index in [1.165, 1.54) is 37.3 Å². The third-order valence-electron chi connectivity index (χ3n) is 4.84. The van der Waals surface area contributed by atoms with Gasteiger partial charge in [0.15, 0.2) is 28.2 Å². The molecule has 0 fully saturated rings. The van der Waals surface area contributed by atoms with Gasteiger partial charge in [0.1, 0.15) is 58.7 Å². The van der Waals surface area contributed by atoms with Gasteiger partial charge in [-0.2, -0.15) is 0 Å². The molecule has 2 heterocycles. The van der Waals surface area contributed by atoms with Crippen molar-refractivity contribution in [2.24, 2.45) is 0 Å². The van der Waals surface area contributed by atoms with E-state index in [0.717, 1.165) is 12.1 Å². The van der Waals surface area contributed by atoms with Crippen LogP contribution in [0, 0.1) is 0 Å². The van der Waals surface area contributed by atoms with Gasteiger partial charge in [0.05, 0.1) is 0 Å². The second-order valence-electron chi connectivity index (χ2n) is 7.33. The first-order chi connectivity index (χ1) is 16.2. The van der Waals surface area contributed by atoms with Crippen LogP contribution in [-0.4, -0.2) is 36.2 Å². The zero-order valence-electron chi connectivity index (χ0n) is 18.7. The second-order valence-corrected chi connectivity index (χ2v) is 7.33. The first-order valence-corrected chi connectivity index (χ1v) is 10.0. The second kappa shape index (κ2) is 10.9. The van der Waals surface area contributed by atoms with Gasteiger partial charge in [-0.05, 0) is 24.3 Å². The fraction of sp³-hybridized carbons (Fsp3) is 0.167. The topological polar surface area (TPSA) is 156 Å². The summed E-state index contributed by atoms with van der Waals surface area (Å²) in [6, 6.07) is 10.8. The Balaban J connectivity index is 0.00000342. The fourth-order valence-corrected chi connectivity index (χ4v) is 3.29. The number of aliphatic hydroxyl groups is 1. The maximum absolute atomic E-state index is 12.4. The summed E-state index contributed by atoms with van der Waals surface area (Å²) in [5, 5.41) is 21.4. The van der Waals surface area contributed by atoms with Gasteiger partial charge in [-0.15, -0.1) is 0 Å². The Morgan fingerprint density at radius 1 is 0.886 bits per heavy atom. The summed E-state index contributed by atoms with van der Waals surface area (Å²) in [4.78, 5) is 47.3. The zero-order chi connectivity index (χ0) is 24.4.